The first kappa shape index (κ1) is 15.9. The molecule has 3 N–H and O–H groups in total. The molecule has 0 unspecified atom stereocenters. The predicted molar refractivity (Wildman–Crippen MR) is 87.6 cm³/mol. The highest BCUT2D eigenvalue weighted by molar-refractivity contribution is 5.78. The molecule has 0 heterocycles. The Morgan fingerprint density at radius 2 is 1.90 bits per heavy atom. The maximum absolute atomic E-state index is 12.3. The minimum absolute atomic E-state index is 0.185. The van der Waals surface area contributed by atoms with Crippen molar-refractivity contribution in [1.29, 1.82) is 0 Å². The summed E-state index contributed by atoms with van der Waals surface area (Å²) in [6.45, 7) is 7.48. The molecule has 0 atom stereocenters. The first-order chi connectivity index (χ1) is 9.86. The fourth-order valence-electron chi connectivity index (χ4n) is 3.26. The van der Waals surface area contributed by atoms with Crippen molar-refractivity contribution >= 4 is 11.6 Å². The molecule has 116 valence electrons. The van der Waals surface area contributed by atoms with Gasteiger partial charge in [-0.05, 0) is 54.7 Å². The van der Waals surface area contributed by atoms with Crippen LogP contribution >= 0.6 is 0 Å². The second-order valence-electron chi connectivity index (χ2n) is 7.38. The molecule has 1 saturated carbocycles. The lowest BCUT2D eigenvalue weighted by atomic mass is 9.69. The summed E-state index contributed by atoms with van der Waals surface area (Å²) in [7, 11) is 0. The number of carbonyl (C=O) groups excluding carboxylic acids is 1. The average molecular weight is 288 g/mol. The van der Waals surface area contributed by atoms with E-state index < -0.39 is 0 Å². The van der Waals surface area contributed by atoms with Crippen LogP contribution in [0.3, 0.4) is 0 Å². The summed E-state index contributed by atoms with van der Waals surface area (Å²) in [5.74, 6) is 1.13. The van der Waals surface area contributed by atoms with Crippen LogP contribution in [0.4, 0.5) is 5.69 Å². The Balaban J connectivity index is 1.80. The summed E-state index contributed by atoms with van der Waals surface area (Å²) in [5, 5.41) is 3.05. The lowest BCUT2D eigenvalue weighted by molar-refractivity contribution is -0.126. The highest BCUT2D eigenvalue weighted by Gasteiger charge is 2.32. The van der Waals surface area contributed by atoms with E-state index in [0.29, 0.717) is 12.0 Å². The van der Waals surface area contributed by atoms with Gasteiger partial charge in [-0.2, -0.15) is 0 Å². The number of nitrogen functional groups attached to an aromatic ring is 1. The van der Waals surface area contributed by atoms with Crippen molar-refractivity contribution in [2.45, 2.75) is 53.0 Å². The topological polar surface area (TPSA) is 55.1 Å². The van der Waals surface area contributed by atoms with Crippen molar-refractivity contribution < 1.29 is 4.79 Å². The van der Waals surface area contributed by atoms with E-state index in [1.165, 1.54) is 12.8 Å². The van der Waals surface area contributed by atoms with Crippen LogP contribution in [0.1, 0.15) is 52.0 Å². The number of carbonyl (C=O) groups is 1. The van der Waals surface area contributed by atoms with Crippen LogP contribution in [0.2, 0.25) is 0 Å². The van der Waals surface area contributed by atoms with E-state index in [4.69, 9.17) is 5.73 Å². The smallest absolute Gasteiger partial charge is 0.223 e. The van der Waals surface area contributed by atoms with Crippen LogP contribution in [0.25, 0.3) is 0 Å². The molecule has 21 heavy (non-hydrogen) atoms. The van der Waals surface area contributed by atoms with Gasteiger partial charge >= 0.3 is 0 Å². The number of nitrogens with two attached hydrogens (primary N) is 1. The Bertz CT molecular complexity index is 482. The summed E-state index contributed by atoms with van der Waals surface area (Å²) < 4.78 is 0. The number of hydrogen-bond acceptors (Lipinski definition) is 2. The zero-order chi connectivity index (χ0) is 15.5. The fraction of sp³-hybridized carbons (Fsp3) is 0.611. The first-order valence-electron chi connectivity index (χ1n) is 7.98. The van der Waals surface area contributed by atoms with Crippen LogP contribution in [-0.4, -0.2) is 5.91 Å². The first-order valence-corrected chi connectivity index (χ1v) is 7.98. The number of benzene rings is 1. The van der Waals surface area contributed by atoms with Gasteiger partial charge in [0.25, 0.3) is 0 Å². The Morgan fingerprint density at radius 3 is 2.48 bits per heavy atom. The number of rotatable bonds is 3. The summed E-state index contributed by atoms with van der Waals surface area (Å²) in [6.07, 6.45) is 4.37. The quantitative estimate of drug-likeness (QED) is 0.833. The zero-order valence-corrected chi connectivity index (χ0v) is 13.5. The van der Waals surface area contributed by atoms with Gasteiger partial charge in [0.1, 0.15) is 0 Å². The Labute approximate surface area is 128 Å². The number of hydrogen-bond donors (Lipinski definition) is 2. The molecule has 0 bridgehead atoms. The molecule has 3 heteroatoms. The fourth-order valence-corrected chi connectivity index (χ4v) is 3.26. The third kappa shape index (κ3) is 4.48. The molecule has 0 saturated heterocycles. The van der Waals surface area contributed by atoms with E-state index in [2.05, 4.69) is 26.1 Å². The Hall–Kier alpha value is -1.51. The number of nitrogens with one attached hydrogen (secondary N) is 1. The van der Waals surface area contributed by atoms with Gasteiger partial charge in [0, 0.05) is 18.2 Å². The van der Waals surface area contributed by atoms with Gasteiger partial charge in [-0.3, -0.25) is 4.79 Å². The normalized spacial score (nSPS) is 22.8. The highest BCUT2D eigenvalue weighted by Crippen LogP contribution is 2.39. The lowest BCUT2D eigenvalue weighted by Crippen LogP contribution is -2.35. The van der Waals surface area contributed by atoms with Gasteiger partial charge in [0.05, 0.1) is 0 Å². The Kier molecular flexibility index (Phi) is 4.92. The van der Waals surface area contributed by atoms with Crippen molar-refractivity contribution in [2.24, 2.45) is 17.3 Å². The van der Waals surface area contributed by atoms with Crippen molar-refractivity contribution in [3.8, 4) is 0 Å². The molecule has 3 nitrogen and oxygen atoms in total. The largest absolute Gasteiger partial charge is 0.399 e. The predicted octanol–water partition coefficient (Wildman–Crippen LogP) is 3.74. The molecule has 0 spiro atoms. The molecular weight excluding hydrogens is 260 g/mol. The van der Waals surface area contributed by atoms with Crippen molar-refractivity contribution in [3.05, 3.63) is 29.8 Å². The van der Waals surface area contributed by atoms with Gasteiger partial charge in [-0.25, -0.2) is 0 Å². The molecule has 1 aliphatic carbocycles. The van der Waals surface area contributed by atoms with Gasteiger partial charge in [0.2, 0.25) is 5.91 Å². The minimum atomic E-state index is 0.185. The summed E-state index contributed by atoms with van der Waals surface area (Å²) >= 11 is 0. The second kappa shape index (κ2) is 6.50. The van der Waals surface area contributed by atoms with Crippen LogP contribution in [0.5, 0.6) is 0 Å². The molecule has 0 aliphatic heterocycles. The van der Waals surface area contributed by atoms with E-state index >= 15 is 0 Å². The van der Waals surface area contributed by atoms with Crippen molar-refractivity contribution in [3.63, 3.8) is 0 Å². The third-order valence-corrected chi connectivity index (χ3v) is 4.74. The molecule has 1 fully saturated rings. The highest BCUT2D eigenvalue weighted by atomic mass is 16.1. The SMILES string of the molecule is CC(C)(C)C1CCC(C(=O)NCc2cccc(N)c2)CC1. The van der Waals surface area contributed by atoms with E-state index in [9.17, 15) is 4.79 Å². The number of amides is 1. The summed E-state index contributed by atoms with van der Waals surface area (Å²) in [6, 6.07) is 7.69. The summed E-state index contributed by atoms with van der Waals surface area (Å²) in [4.78, 5) is 12.3. The minimum Gasteiger partial charge on any atom is -0.399 e. The Morgan fingerprint density at radius 1 is 1.24 bits per heavy atom. The molecule has 1 aromatic rings. The van der Waals surface area contributed by atoms with Crippen LogP contribution in [0, 0.1) is 17.3 Å². The molecule has 2 rings (SSSR count). The van der Waals surface area contributed by atoms with Crippen LogP contribution in [0.15, 0.2) is 24.3 Å². The molecule has 0 aromatic heterocycles. The molecule has 0 radical (unpaired) electrons. The molecule has 1 amide bonds. The van der Waals surface area contributed by atoms with Crippen LogP contribution < -0.4 is 11.1 Å². The summed E-state index contributed by atoms with van der Waals surface area (Å²) in [5.41, 5.74) is 7.92. The zero-order valence-electron chi connectivity index (χ0n) is 13.5. The maximum atomic E-state index is 12.3. The van der Waals surface area contributed by atoms with E-state index in [1.54, 1.807) is 0 Å². The molecule has 1 aliphatic rings. The van der Waals surface area contributed by atoms with Gasteiger partial charge < -0.3 is 11.1 Å². The second-order valence-corrected chi connectivity index (χ2v) is 7.38. The lowest BCUT2D eigenvalue weighted by Gasteiger charge is -2.36. The molecular formula is C18H28N2O. The van der Waals surface area contributed by atoms with E-state index in [1.807, 2.05) is 24.3 Å². The van der Waals surface area contributed by atoms with E-state index in [0.717, 1.165) is 30.0 Å². The van der Waals surface area contributed by atoms with Gasteiger partial charge in [-0.15, -0.1) is 0 Å². The van der Waals surface area contributed by atoms with Gasteiger partial charge in [0.15, 0.2) is 0 Å². The average Bonchev–Trinajstić information content (AvgIpc) is 2.44. The van der Waals surface area contributed by atoms with Crippen molar-refractivity contribution in [2.75, 3.05) is 5.73 Å². The standard InChI is InChI=1S/C18H28N2O/c1-18(2,3)15-9-7-14(8-10-15)17(21)20-12-13-5-4-6-16(19)11-13/h4-6,11,14-15H,7-10,12,19H2,1-3H3,(H,20,21). The third-order valence-electron chi connectivity index (χ3n) is 4.74. The van der Waals surface area contributed by atoms with Gasteiger partial charge in [-0.1, -0.05) is 32.9 Å². The number of anilines is 1. The van der Waals surface area contributed by atoms with Crippen LogP contribution in [-0.2, 0) is 11.3 Å². The van der Waals surface area contributed by atoms with Crippen molar-refractivity contribution in [1.82, 2.24) is 5.32 Å². The maximum Gasteiger partial charge on any atom is 0.223 e. The molecule has 1 aromatic carbocycles. The van der Waals surface area contributed by atoms with E-state index in [-0.39, 0.29) is 11.8 Å². The monoisotopic (exact) mass is 288 g/mol.